The van der Waals surface area contributed by atoms with Crippen LogP contribution < -0.4 is 0 Å². The molecule has 0 N–H and O–H groups in total. The van der Waals surface area contributed by atoms with Gasteiger partial charge < -0.3 is 0 Å². The standard InChI is InChI=1S/C38H27N3/c1-38(2)29-16-8-6-14-26(29)27-22-20-24-21-23-33-35(34(24)36(27)38)28-15-7-10-18-31(28)41(33)37-39-30-17-9-11-19-32(30)40(37)25-12-4-3-5-13-25/h3-23H,1-2H3. The highest BCUT2D eigenvalue weighted by atomic mass is 15.2. The molecule has 0 spiro atoms. The third-order valence-corrected chi connectivity index (χ3v) is 9.09. The van der Waals surface area contributed by atoms with E-state index >= 15 is 0 Å². The van der Waals surface area contributed by atoms with Crippen molar-refractivity contribution in [1.82, 2.24) is 14.1 Å². The molecular formula is C38H27N3. The minimum atomic E-state index is -0.111. The average molecular weight is 526 g/mol. The molecule has 9 rings (SSSR count). The van der Waals surface area contributed by atoms with Crippen molar-refractivity contribution in [3.63, 3.8) is 0 Å². The number of imidazole rings is 1. The zero-order chi connectivity index (χ0) is 27.3. The van der Waals surface area contributed by atoms with E-state index in [1.807, 2.05) is 0 Å². The topological polar surface area (TPSA) is 22.8 Å². The van der Waals surface area contributed by atoms with Crippen molar-refractivity contribution in [2.75, 3.05) is 0 Å². The first-order chi connectivity index (χ1) is 20.1. The van der Waals surface area contributed by atoms with Gasteiger partial charge in [-0.2, -0.15) is 0 Å². The van der Waals surface area contributed by atoms with Crippen LogP contribution in [0.2, 0.25) is 0 Å². The first kappa shape index (κ1) is 22.6. The SMILES string of the molecule is CC1(C)c2ccccc2-c2ccc3ccc4c(c5ccccc5n4-c4nc5ccccc5n4-c4ccccc4)c3c21. The number of nitrogens with zero attached hydrogens (tertiary/aromatic N) is 3. The molecule has 0 fully saturated rings. The highest BCUT2D eigenvalue weighted by Crippen LogP contribution is 2.53. The van der Waals surface area contributed by atoms with Crippen LogP contribution in [-0.4, -0.2) is 14.1 Å². The number of para-hydroxylation sites is 4. The Hall–Kier alpha value is -5.15. The van der Waals surface area contributed by atoms with Crippen LogP contribution >= 0.6 is 0 Å². The smallest absolute Gasteiger partial charge is 0.220 e. The summed E-state index contributed by atoms with van der Waals surface area (Å²) in [6, 6.07) is 45.9. The molecule has 0 amide bonds. The summed E-state index contributed by atoms with van der Waals surface area (Å²) in [5.41, 5.74) is 10.9. The van der Waals surface area contributed by atoms with Gasteiger partial charge in [-0.1, -0.05) is 105 Å². The summed E-state index contributed by atoms with van der Waals surface area (Å²) in [7, 11) is 0. The predicted octanol–water partition coefficient (Wildman–Crippen LogP) is 9.58. The highest BCUT2D eigenvalue weighted by molar-refractivity contribution is 6.23. The van der Waals surface area contributed by atoms with Crippen molar-refractivity contribution in [1.29, 1.82) is 0 Å². The molecule has 1 aliphatic rings. The minimum absolute atomic E-state index is 0.111. The summed E-state index contributed by atoms with van der Waals surface area (Å²) < 4.78 is 4.66. The molecule has 0 unspecified atom stereocenters. The fraction of sp³-hybridized carbons (Fsp3) is 0.0789. The van der Waals surface area contributed by atoms with E-state index in [-0.39, 0.29) is 5.41 Å². The summed E-state index contributed by atoms with van der Waals surface area (Å²) in [6.45, 7) is 4.76. The van der Waals surface area contributed by atoms with Crippen LogP contribution in [0, 0.1) is 0 Å². The van der Waals surface area contributed by atoms with Gasteiger partial charge in [-0.25, -0.2) is 4.98 Å². The normalized spacial score (nSPS) is 13.8. The van der Waals surface area contributed by atoms with E-state index < -0.39 is 0 Å². The summed E-state index contributed by atoms with van der Waals surface area (Å²) in [5.74, 6) is 0.901. The van der Waals surface area contributed by atoms with Crippen LogP contribution in [0.3, 0.4) is 0 Å². The maximum absolute atomic E-state index is 5.27. The molecule has 6 aromatic carbocycles. The van der Waals surface area contributed by atoms with Crippen molar-refractivity contribution in [2.24, 2.45) is 0 Å². The molecule has 3 nitrogen and oxygen atoms in total. The van der Waals surface area contributed by atoms with Crippen LogP contribution in [0.1, 0.15) is 25.0 Å². The van der Waals surface area contributed by atoms with Gasteiger partial charge in [0.1, 0.15) is 0 Å². The van der Waals surface area contributed by atoms with Crippen molar-refractivity contribution < 1.29 is 0 Å². The van der Waals surface area contributed by atoms with Gasteiger partial charge >= 0.3 is 0 Å². The lowest BCUT2D eigenvalue weighted by Crippen LogP contribution is -2.15. The fourth-order valence-corrected chi connectivity index (χ4v) is 7.36. The largest absolute Gasteiger partial charge is 0.279 e. The van der Waals surface area contributed by atoms with E-state index in [0.29, 0.717) is 0 Å². The zero-order valence-corrected chi connectivity index (χ0v) is 23.0. The molecule has 0 saturated heterocycles. The van der Waals surface area contributed by atoms with Crippen LogP contribution in [0.15, 0.2) is 127 Å². The van der Waals surface area contributed by atoms with Crippen LogP contribution in [-0.2, 0) is 5.41 Å². The lowest BCUT2D eigenvalue weighted by molar-refractivity contribution is 0.666. The van der Waals surface area contributed by atoms with Crippen molar-refractivity contribution in [2.45, 2.75) is 19.3 Å². The van der Waals surface area contributed by atoms with E-state index in [1.165, 1.54) is 49.3 Å². The molecule has 194 valence electrons. The fourth-order valence-electron chi connectivity index (χ4n) is 7.36. The minimum Gasteiger partial charge on any atom is -0.279 e. The number of aromatic nitrogens is 3. The second-order valence-corrected chi connectivity index (χ2v) is 11.6. The number of rotatable bonds is 2. The maximum atomic E-state index is 5.27. The predicted molar refractivity (Wildman–Crippen MR) is 170 cm³/mol. The Morgan fingerprint density at radius 1 is 0.537 bits per heavy atom. The van der Waals surface area contributed by atoms with Crippen LogP contribution in [0.25, 0.3) is 66.4 Å². The molecule has 1 aliphatic carbocycles. The quantitative estimate of drug-likeness (QED) is 0.220. The highest BCUT2D eigenvalue weighted by Gasteiger charge is 2.37. The molecular weight excluding hydrogens is 498 g/mol. The van der Waals surface area contributed by atoms with Crippen LogP contribution in [0.4, 0.5) is 0 Å². The molecule has 41 heavy (non-hydrogen) atoms. The maximum Gasteiger partial charge on any atom is 0.220 e. The number of benzene rings is 6. The molecule has 2 heterocycles. The lowest BCUT2D eigenvalue weighted by Gasteiger charge is -2.23. The Labute approximate surface area is 237 Å². The summed E-state index contributed by atoms with van der Waals surface area (Å²) in [6.07, 6.45) is 0. The van der Waals surface area contributed by atoms with E-state index in [0.717, 1.165) is 28.2 Å². The molecule has 0 radical (unpaired) electrons. The Balaban J connectivity index is 1.48. The van der Waals surface area contributed by atoms with Gasteiger partial charge in [-0.05, 0) is 69.4 Å². The van der Waals surface area contributed by atoms with E-state index in [9.17, 15) is 0 Å². The second kappa shape index (κ2) is 7.96. The van der Waals surface area contributed by atoms with Gasteiger partial charge in [0.25, 0.3) is 0 Å². The molecule has 8 aromatic rings. The Morgan fingerprint density at radius 2 is 1.24 bits per heavy atom. The van der Waals surface area contributed by atoms with Gasteiger partial charge in [0, 0.05) is 21.9 Å². The summed E-state index contributed by atoms with van der Waals surface area (Å²) in [5, 5.41) is 5.16. The second-order valence-electron chi connectivity index (χ2n) is 11.6. The van der Waals surface area contributed by atoms with Gasteiger partial charge in [0.15, 0.2) is 0 Å². The Bertz CT molecular complexity index is 2330. The first-order valence-corrected chi connectivity index (χ1v) is 14.3. The van der Waals surface area contributed by atoms with Gasteiger partial charge in [-0.15, -0.1) is 0 Å². The average Bonchev–Trinajstić information content (AvgIpc) is 3.63. The number of hydrogen-bond donors (Lipinski definition) is 0. The molecule has 2 aromatic heterocycles. The van der Waals surface area contributed by atoms with Gasteiger partial charge in [0.05, 0.1) is 22.1 Å². The summed E-state index contributed by atoms with van der Waals surface area (Å²) in [4.78, 5) is 5.27. The van der Waals surface area contributed by atoms with Crippen LogP contribution in [0.5, 0.6) is 0 Å². The first-order valence-electron chi connectivity index (χ1n) is 14.3. The van der Waals surface area contributed by atoms with Gasteiger partial charge in [-0.3, -0.25) is 9.13 Å². The van der Waals surface area contributed by atoms with E-state index in [4.69, 9.17) is 4.98 Å². The number of fused-ring (bicyclic) bond motifs is 10. The Kier molecular flexibility index (Phi) is 4.39. The van der Waals surface area contributed by atoms with E-state index in [2.05, 4.69) is 150 Å². The molecule has 0 saturated carbocycles. The number of hydrogen-bond acceptors (Lipinski definition) is 1. The molecule has 3 heteroatoms. The zero-order valence-electron chi connectivity index (χ0n) is 23.0. The van der Waals surface area contributed by atoms with Gasteiger partial charge in [0.2, 0.25) is 5.95 Å². The monoisotopic (exact) mass is 525 g/mol. The molecule has 0 atom stereocenters. The lowest BCUT2D eigenvalue weighted by atomic mass is 9.79. The summed E-state index contributed by atoms with van der Waals surface area (Å²) >= 11 is 0. The Morgan fingerprint density at radius 3 is 2.12 bits per heavy atom. The third kappa shape index (κ3) is 2.90. The van der Waals surface area contributed by atoms with Crippen molar-refractivity contribution in [3.05, 3.63) is 139 Å². The van der Waals surface area contributed by atoms with Crippen molar-refractivity contribution >= 4 is 43.6 Å². The van der Waals surface area contributed by atoms with E-state index in [1.54, 1.807) is 0 Å². The van der Waals surface area contributed by atoms with Crippen molar-refractivity contribution in [3.8, 4) is 22.8 Å². The molecule has 0 aliphatic heterocycles. The molecule has 0 bridgehead atoms. The third-order valence-electron chi connectivity index (χ3n) is 9.09.